The number of benzene rings is 1. The lowest BCUT2D eigenvalue weighted by atomic mass is 10.0. The summed E-state index contributed by atoms with van der Waals surface area (Å²) in [6.45, 7) is 2.17. The van der Waals surface area contributed by atoms with Crippen LogP contribution in [0.3, 0.4) is 0 Å². The SMILES string of the molecule is COc1cccc2c1CCC2NC(=O)CCC1CCNC1.Cl. The molecule has 1 aromatic rings. The third kappa shape index (κ3) is 3.73. The van der Waals surface area contributed by atoms with E-state index >= 15 is 0 Å². The summed E-state index contributed by atoms with van der Waals surface area (Å²) in [5.74, 6) is 1.80. The molecule has 22 heavy (non-hydrogen) atoms. The van der Waals surface area contributed by atoms with Crippen LogP contribution in [0.25, 0.3) is 0 Å². The number of carbonyl (C=O) groups excluding carboxylic acids is 1. The molecule has 2 unspecified atom stereocenters. The molecule has 1 amide bonds. The summed E-state index contributed by atoms with van der Waals surface area (Å²) in [5, 5.41) is 6.54. The van der Waals surface area contributed by atoms with Crippen LogP contribution >= 0.6 is 12.4 Å². The van der Waals surface area contributed by atoms with Crippen LogP contribution in [0.1, 0.15) is 42.9 Å². The second-order valence-electron chi connectivity index (χ2n) is 6.08. The zero-order valence-corrected chi connectivity index (χ0v) is 13.9. The Morgan fingerprint density at radius 1 is 1.41 bits per heavy atom. The van der Waals surface area contributed by atoms with Crippen molar-refractivity contribution in [3.05, 3.63) is 29.3 Å². The van der Waals surface area contributed by atoms with Crippen molar-refractivity contribution < 1.29 is 9.53 Å². The van der Waals surface area contributed by atoms with Gasteiger partial charge in [-0.3, -0.25) is 4.79 Å². The summed E-state index contributed by atoms with van der Waals surface area (Å²) in [6.07, 6.45) is 4.80. The molecule has 2 aliphatic rings. The lowest BCUT2D eigenvalue weighted by Gasteiger charge is -2.15. The van der Waals surface area contributed by atoms with E-state index in [1.807, 2.05) is 12.1 Å². The van der Waals surface area contributed by atoms with Gasteiger partial charge in [-0.05, 0) is 61.9 Å². The van der Waals surface area contributed by atoms with Crippen molar-refractivity contribution in [1.29, 1.82) is 0 Å². The average Bonchev–Trinajstić information content (AvgIpc) is 3.15. The largest absolute Gasteiger partial charge is 0.496 e. The van der Waals surface area contributed by atoms with Gasteiger partial charge >= 0.3 is 0 Å². The summed E-state index contributed by atoms with van der Waals surface area (Å²) in [6, 6.07) is 6.27. The Morgan fingerprint density at radius 3 is 3.00 bits per heavy atom. The van der Waals surface area contributed by atoms with E-state index in [0.29, 0.717) is 12.3 Å². The Labute approximate surface area is 138 Å². The molecule has 122 valence electrons. The van der Waals surface area contributed by atoms with Gasteiger partial charge in [0.25, 0.3) is 0 Å². The van der Waals surface area contributed by atoms with E-state index in [9.17, 15) is 4.79 Å². The molecule has 1 aliphatic carbocycles. The van der Waals surface area contributed by atoms with Crippen molar-refractivity contribution in [1.82, 2.24) is 10.6 Å². The smallest absolute Gasteiger partial charge is 0.220 e. The average molecular weight is 325 g/mol. The molecule has 1 saturated heterocycles. The highest BCUT2D eigenvalue weighted by Crippen LogP contribution is 2.36. The van der Waals surface area contributed by atoms with E-state index in [0.717, 1.165) is 38.1 Å². The van der Waals surface area contributed by atoms with Gasteiger partial charge in [-0.1, -0.05) is 12.1 Å². The van der Waals surface area contributed by atoms with Gasteiger partial charge in [-0.2, -0.15) is 0 Å². The van der Waals surface area contributed by atoms with E-state index in [1.54, 1.807) is 7.11 Å². The zero-order chi connectivity index (χ0) is 14.7. The molecule has 0 saturated carbocycles. The van der Waals surface area contributed by atoms with Crippen LogP contribution in [-0.2, 0) is 11.2 Å². The molecule has 0 radical (unpaired) electrons. The topological polar surface area (TPSA) is 50.4 Å². The molecule has 1 aliphatic heterocycles. The lowest BCUT2D eigenvalue weighted by Crippen LogP contribution is -2.27. The van der Waals surface area contributed by atoms with Crippen LogP contribution in [0.15, 0.2) is 18.2 Å². The van der Waals surface area contributed by atoms with Gasteiger partial charge in [0.2, 0.25) is 5.91 Å². The third-order valence-electron chi connectivity index (χ3n) is 4.72. The van der Waals surface area contributed by atoms with Gasteiger partial charge in [0.1, 0.15) is 5.75 Å². The summed E-state index contributed by atoms with van der Waals surface area (Å²) in [7, 11) is 1.71. The van der Waals surface area contributed by atoms with Crippen molar-refractivity contribution in [2.75, 3.05) is 20.2 Å². The molecule has 0 aromatic heterocycles. The first kappa shape index (κ1) is 17.1. The first-order valence-corrected chi connectivity index (χ1v) is 7.94. The second kappa shape index (κ2) is 7.84. The minimum Gasteiger partial charge on any atom is -0.496 e. The molecule has 1 heterocycles. The minimum absolute atomic E-state index is 0. The molecule has 2 atom stereocenters. The number of ether oxygens (including phenoxy) is 1. The third-order valence-corrected chi connectivity index (χ3v) is 4.72. The van der Waals surface area contributed by atoms with Crippen molar-refractivity contribution in [3.8, 4) is 5.75 Å². The number of rotatable bonds is 5. The predicted molar refractivity (Wildman–Crippen MR) is 89.7 cm³/mol. The van der Waals surface area contributed by atoms with E-state index in [4.69, 9.17) is 4.74 Å². The van der Waals surface area contributed by atoms with E-state index in [2.05, 4.69) is 16.7 Å². The van der Waals surface area contributed by atoms with Gasteiger partial charge in [-0.25, -0.2) is 0 Å². The number of amides is 1. The Kier molecular flexibility index (Phi) is 6.09. The molecule has 1 fully saturated rings. The maximum Gasteiger partial charge on any atom is 0.220 e. The number of hydrogen-bond acceptors (Lipinski definition) is 3. The van der Waals surface area contributed by atoms with Crippen LogP contribution < -0.4 is 15.4 Å². The summed E-state index contributed by atoms with van der Waals surface area (Å²) in [5.41, 5.74) is 2.48. The molecule has 3 rings (SSSR count). The predicted octanol–water partition coefficient (Wildman–Crippen LogP) is 2.61. The maximum absolute atomic E-state index is 12.2. The van der Waals surface area contributed by atoms with E-state index in [-0.39, 0.29) is 24.4 Å². The quantitative estimate of drug-likeness (QED) is 0.875. The number of hydrogen-bond donors (Lipinski definition) is 2. The fourth-order valence-electron chi connectivity index (χ4n) is 3.52. The van der Waals surface area contributed by atoms with Gasteiger partial charge in [-0.15, -0.1) is 12.4 Å². The maximum atomic E-state index is 12.2. The highest BCUT2D eigenvalue weighted by molar-refractivity contribution is 5.85. The Bertz CT molecular complexity index is 515. The standard InChI is InChI=1S/C17H24N2O2.ClH/c1-21-16-4-2-3-13-14(16)6-7-15(13)19-17(20)8-5-12-9-10-18-11-12;/h2-4,12,15,18H,5-11H2,1H3,(H,19,20);1H. The molecular formula is C17H25ClN2O2. The van der Waals surface area contributed by atoms with Gasteiger partial charge in [0.05, 0.1) is 13.2 Å². The second-order valence-corrected chi connectivity index (χ2v) is 6.08. The molecule has 5 heteroatoms. The Balaban J connectivity index is 0.00000176. The van der Waals surface area contributed by atoms with Crippen LogP contribution in [0.2, 0.25) is 0 Å². The molecule has 1 aromatic carbocycles. The minimum atomic E-state index is 0. The van der Waals surface area contributed by atoms with Crippen molar-refractivity contribution in [2.45, 2.75) is 38.1 Å². The number of nitrogens with one attached hydrogen (secondary N) is 2. The Hall–Kier alpha value is -1.26. The molecule has 0 spiro atoms. The first-order valence-electron chi connectivity index (χ1n) is 7.94. The normalized spacial score (nSPS) is 22.8. The molecule has 2 N–H and O–H groups in total. The fourth-order valence-corrected chi connectivity index (χ4v) is 3.52. The number of fused-ring (bicyclic) bond motifs is 1. The highest BCUT2D eigenvalue weighted by Gasteiger charge is 2.26. The van der Waals surface area contributed by atoms with E-state index in [1.165, 1.54) is 17.5 Å². The van der Waals surface area contributed by atoms with Crippen LogP contribution in [0, 0.1) is 5.92 Å². The molecule has 0 bridgehead atoms. The zero-order valence-electron chi connectivity index (χ0n) is 13.1. The molecular weight excluding hydrogens is 300 g/mol. The lowest BCUT2D eigenvalue weighted by molar-refractivity contribution is -0.122. The van der Waals surface area contributed by atoms with Crippen molar-refractivity contribution in [2.24, 2.45) is 5.92 Å². The van der Waals surface area contributed by atoms with Crippen molar-refractivity contribution >= 4 is 18.3 Å². The van der Waals surface area contributed by atoms with Crippen molar-refractivity contribution in [3.63, 3.8) is 0 Å². The number of halogens is 1. The monoisotopic (exact) mass is 324 g/mol. The van der Waals surface area contributed by atoms with Crippen LogP contribution in [-0.4, -0.2) is 26.1 Å². The fraction of sp³-hybridized carbons (Fsp3) is 0.588. The van der Waals surface area contributed by atoms with E-state index < -0.39 is 0 Å². The van der Waals surface area contributed by atoms with Gasteiger partial charge < -0.3 is 15.4 Å². The van der Waals surface area contributed by atoms with Gasteiger partial charge in [0, 0.05) is 6.42 Å². The summed E-state index contributed by atoms with van der Waals surface area (Å²) >= 11 is 0. The van der Waals surface area contributed by atoms with Gasteiger partial charge in [0.15, 0.2) is 0 Å². The molecule has 4 nitrogen and oxygen atoms in total. The van der Waals surface area contributed by atoms with Crippen LogP contribution in [0.5, 0.6) is 5.75 Å². The first-order chi connectivity index (χ1) is 10.3. The number of carbonyl (C=O) groups is 1. The summed E-state index contributed by atoms with van der Waals surface area (Å²) < 4.78 is 5.41. The number of methoxy groups -OCH3 is 1. The summed E-state index contributed by atoms with van der Waals surface area (Å²) in [4.78, 5) is 12.2. The highest BCUT2D eigenvalue weighted by atomic mass is 35.5. The van der Waals surface area contributed by atoms with Crippen LogP contribution in [0.4, 0.5) is 0 Å². The Morgan fingerprint density at radius 2 is 2.27 bits per heavy atom.